The lowest BCUT2D eigenvalue weighted by molar-refractivity contribution is -0.384. The van der Waals surface area contributed by atoms with E-state index in [-0.39, 0.29) is 29.4 Å². The summed E-state index contributed by atoms with van der Waals surface area (Å²) in [6.07, 6.45) is 1.81. The van der Waals surface area contributed by atoms with Crippen molar-refractivity contribution in [3.63, 3.8) is 0 Å². The van der Waals surface area contributed by atoms with Crippen LogP contribution >= 0.6 is 0 Å². The summed E-state index contributed by atoms with van der Waals surface area (Å²) in [5, 5.41) is 15.5. The average Bonchev–Trinajstić information content (AvgIpc) is 3.16. The van der Waals surface area contributed by atoms with Crippen LogP contribution in [-0.4, -0.2) is 48.9 Å². The molecule has 0 aliphatic carbocycles. The molecule has 28 heavy (non-hydrogen) atoms. The van der Waals surface area contributed by atoms with E-state index in [9.17, 15) is 18.5 Å². The minimum Gasteiger partial charge on any atom is -0.379 e. The van der Waals surface area contributed by atoms with Crippen molar-refractivity contribution < 1.29 is 18.1 Å². The maximum Gasteiger partial charge on any atom is 0.294 e. The molecule has 0 spiro atoms. The number of anilines is 2. The number of rotatable bonds is 5. The van der Waals surface area contributed by atoms with Crippen LogP contribution in [0.3, 0.4) is 0 Å². The molecule has 9 nitrogen and oxygen atoms in total. The number of aromatic nitrogens is 1. The topological polar surface area (TPSA) is 118 Å². The molecule has 0 amide bonds. The fourth-order valence-electron chi connectivity index (χ4n) is 3.15. The van der Waals surface area contributed by atoms with Crippen molar-refractivity contribution in [2.24, 2.45) is 0 Å². The van der Waals surface area contributed by atoms with E-state index in [0.717, 1.165) is 17.0 Å². The summed E-state index contributed by atoms with van der Waals surface area (Å²) < 4.78 is 32.0. The minimum atomic E-state index is -3.81. The second-order valence-corrected chi connectivity index (χ2v) is 8.30. The number of hydrogen-bond donors (Lipinski definition) is 2. The smallest absolute Gasteiger partial charge is 0.294 e. The quantitative estimate of drug-likeness (QED) is 0.501. The number of H-pyrrole nitrogens is 1. The Morgan fingerprint density at radius 2 is 1.89 bits per heavy atom. The van der Waals surface area contributed by atoms with Crippen LogP contribution in [-0.2, 0) is 14.8 Å². The standard InChI is InChI=1S/C18H18N4O5S/c23-22(24)18-12-15(28(25,26)21-7-9-27-10-8-21)2-4-17(18)20-14-1-3-16-13(11-14)5-6-19-16/h1-6,11-12,19-20H,7-10H2. The molecule has 4 rings (SSSR count). The molecule has 0 bridgehead atoms. The fraction of sp³-hybridized carbons (Fsp3) is 0.222. The molecule has 1 saturated heterocycles. The van der Waals surface area contributed by atoms with Crippen molar-refractivity contribution in [2.75, 3.05) is 31.6 Å². The molecule has 1 fully saturated rings. The Balaban J connectivity index is 1.67. The van der Waals surface area contributed by atoms with Crippen LogP contribution < -0.4 is 5.32 Å². The number of nitrogens with zero attached hydrogens (tertiary/aromatic N) is 2. The molecular formula is C18H18N4O5S. The first-order chi connectivity index (χ1) is 13.4. The molecule has 0 saturated carbocycles. The van der Waals surface area contributed by atoms with Crippen molar-refractivity contribution in [3.05, 3.63) is 58.8 Å². The first kappa shape index (κ1) is 18.4. The lowest BCUT2D eigenvalue weighted by atomic mass is 10.2. The van der Waals surface area contributed by atoms with Crippen LogP contribution in [0, 0.1) is 10.1 Å². The van der Waals surface area contributed by atoms with Gasteiger partial charge in [0.1, 0.15) is 5.69 Å². The van der Waals surface area contributed by atoms with Crippen LogP contribution in [0.15, 0.2) is 53.6 Å². The van der Waals surface area contributed by atoms with Gasteiger partial charge >= 0.3 is 0 Å². The Kier molecular flexibility index (Phi) is 4.75. The SMILES string of the molecule is O=[N+]([O-])c1cc(S(=O)(=O)N2CCOCC2)ccc1Nc1ccc2[nH]ccc2c1. The zero-order valence-electron chi connectivity index (χ0n) is 14.8. The second kappa shape index (κ2) is 7.23. The minimum absolute atomic E-state index is 0.104. The third-order valence-electron chi connectivity index (χ3n) is 4.61. The van der Waals surface area contributed by atoms with Gasteiger partial charge in [0.25, 0.3) is 5.69 Å². The molecule has 1 aliphatic rings. The van der Waals surface area contributed by atoms with Gasteiger partial charge in [0.05, 0.1) is 23.0 Å². The Bertz CT molecular complexity index is 1140. The van der Waals surface area contributed by atoms with Gasteiger partial charge in [-0.2, -0.15) is 4.31 Å². The number of aromatic amines is 1. The molecule has 3 aromatic rings. The van der Waals surface area contributed by atoms with E-state index < -0.39 is 14.9 Å². The highest BCUT2D eigenvalue weighted by atomic mass is 32.2. The van der Waals surface area contributed by atoms with Gasteiger partial charge in [-0.3, -0.25) is 10.1 Å². The fourth-order valence-corrected chi connectivity index (χ4v) is 4.58. The molecular weight excluding hydrogens is 384 g/mol. The van der Waals surface area contributed by atoms with Crippen LogP contribution in [0.1, 0.15) is 0 Å². The molecule has 1 aliphatic heterocycles. The number of morpholine rings is 1. The predicted molar refractivity (Wildman–Crippen MR) is 104 cm³/mol. The van der Waals surface area contributed by atoms with Crippen molar-refractivity contribution in [1.82, 2.24) is 9.29 Å². The van der Waals surface area contributed by atoms with Crippen LogP contribution in [0.25, 0.3) is 10.9 Å². The summed E-state index contributed by atoms with van der Waals surface area (Å²) in [6.45, 7) is 1.07. The van der Waals surface area contributed by atoms with Gasteiger partial charge in [-0.25, -0.2) is 8.42 Å². The van der Waals surface area contributed by atoms with Crippen LogP contribution in [0.5, 0.6) is 0 Å². The van der Waals surface area contributed by atoms with E-state index in [1.807, 2.05) is 24.4 Å². The summed E-state index contributed by atoms with van der Waals surface area (Å²) in [5.74, 6) is 0. The van der Waals surface area contributed by atoms with E-state index in [1.165, 1.54) is 16.4 Å². The highest BCUT2D eigenvalue weighted by Gasteiger charge is 2.28. The molecule has 2 heterocycles. The number of benzene rings is 2. The molecule has 1 aromatic heterocycles. The third kappa shape index (κ3) is 3.44. The van der Waals surface area contributed by atoms with Gasteiger partial charge in [0.15, 0.2) is 0 Å². The predicted octanol–water partition coefficient (Wildman–Crippen LogP) is 2.84. The van der Waals surface area contributed by atoms with Gasteiger partial charge in [0, 0.05) is 41.9 Å². The Morgan fingerprint density at radius 1 is 1.11 bits per heavy atom. The summed E-state index contributed by atoms with van der Waals surface area (Å²) in [5.41, 5.74) is 1.54. The normalized spacial score (nSPS) is 15.6. The molecule has 2 N–H and O–H groups in total. The Hall–Kier alpha value is -2.95. The number of nitrogens with one attached hydrogen (secondary N) is 2. The maximum atomic E-state index is 12.8. The molecule has 2 aromatic carbocycles. The summed E-state index contributed by atoms with van der Waals surface area (Å²) in [4.78, 5) is 14.0. The van der Waals surface area contributed by atoms with E-state index in [1.54, 1.807) is 6.07 Å². The number of sulfonamides is 1. The van der Waals surface area contributed by atoms with Crippen LogP contribution in [0.2, 0.25) is 0 Å². The maximum absolute atomic E-state index is 12.8. The number of fused-ring (bicyclic) bond motifs is 1. The highest BCUT2D eigenvalue weighted by molar-refractivity contribution is 7.89. The first-order valence-electron chi connectivity index (χ1n) is 8.66. The van der Waals surface area contributed by atoms with Crippen molar-refractivity contribution >= 4 is 38.0 Å². The van der Waals surface area contributed by atoms with Crippen LogP contribution in [0.4, 0.5) is 17.1 Å². The van der Waals surface area contributed by atoms with Gasteiger partial charge in [-0.05, 0) is 36.4 Å². The number of hydrogen-bond acceptors (Lipinski definition) is 6. The third-order valence-corrected chi connectivity index (χ3v) is 6.50. The highest BCUT2D eigenvalue weighted by Crippen LogP contribution is 2.32. The van der Waals surface area contributed by atoms with E-state index in [0.29, 0.717) is 18.9 Å². The zero-order chi connectivity index (χ0) is 19.7. The lowest BCUT2D eigenvalue weighted by Gasteiger charge is -2.26. The summed E-state index contributed by atoms with van der Waals surface area (Å²) in [7, 11) is -3.81. The molecule has 0 atom stereocenters. The number of ether oxygens (including phenoxy) is 1. The largest absolute Gasteiger partial charge is 0.379 e. The van der Waals surface area contributed by atoms with Gasteiger partial charge in [0.2, 0.25) is 10.0 Å². The van der Waals surface area contributed by atoms with Crippen molar-refractivity contribution in [3.8, 4) is 0 Å². The Morgan fingerprint density at radius 3 is 2.64 bits per heavy atom. The lowest BCUT2D eigenvalue weighted by Crippen LogP contribution is -2.40. The monoisotopic (exact) mass is 402 g/mol. The summed E-state index contributed by atoms with van der Waals surface area (Å²) >= 11 is 0. The van der Waals surface area contributed by atoms with E-state index in [4.69, 9.17) is 4.74 Å². The van der Waals surface area contributed by atoms with Gasteiger partial charge in [-0.1, -0.05) is 0 Å². The second-order valence-electron chi connectivity index (χ2n) is 6.36. The van der Waals surface area contributed by atoms with Crippen molar-refractivity contribution in [2.45, 2.75) is 4.90 Å². The van der Waals surface area contributed by atoms with Gasteiger partial charge in [-0.15, -0.1) is 0 Å². The van der Waals surface area contributed by atoms with E-state index >= 15 is 0 Å². The summed E-state index contributed by atoms with van der Waals surface area (Å²) in [6, 6.07) is 11.3. The average molecular weight is 402 g/mol. The molecule has 146 valence electrons. The molecule has 0 radical (unpaired) electrons. The number of nitro groups is 1. The van der Waals surface area contributed by atoms with E-state index in [2.05, 4.69) is 10.3 Å². The zero-order valence-corrected chi connectivity index (χ0v) is 15.6. The van der Waals surface area contributed by atoms with Crippen molar-refractivity contribution in [1.29, 1.82) is 0 Å². The molecule has 0 unspecified atom stereocenters. The molecule has 10 heteroatoms. The number of nitro benzene ring substituents is 1. The Labute approximate surface area is 161 Å². The van der Waals surface area contributed by atoms with Gasteiger partial charge < -0.3 is 15.0 Å². The first-order valence-corrected chi connectivity index (χ1v) is 10.1.